The summed E-state index contributed by atoms with van der Waals surface area (Å²) >= 11 is 0. The Morgan fingerprint density at radius 2 is 1.76 bits per heavy atom. The van der Waals surface area contributed by atoms with Gasteiger partial charge in [-0.2, -0.15) is 0 Å². The molecule has 0 unspecified atom stereocenters. The van der Waals surface area contributed by atoms with Gasteiger partial charge in [0.05, 0.1) is 6.42 Å². The lowest BCUT2D eigenvalue weighted by Gasteiger charge is -2.44. The zero-order valence-corrected chi connectivity index (χ0v) is 10.2. The van der Waals surface area contributed by atoms with Gasteiger partial charge in [-0.15, -0.1) is 0 Å². The number of carbonyl (C=O) groups excluding carboxylic acids is 1. The van der Waals surface area contributed by atoms with Crippen molar-refractivity contribution in [2.75, 3.05) is 6.54 Å². The Morgan fingerprint density at radius 1 is 1.06 bits per heavy atom. The second-order valence-corrected chi connectivity index (χ2v) is 5.23. The maximum absolute atomic E-state index is 12.0. The highest BCUT2D eigenvalue weighted by atomic mass is 16.4. The topological polar surface area (TPSA) is 57.6 Å². The summed E-state index contributed by atoms with van der Waals surface area (Å²) < 4.78 is 0. The first-order valence-electron chi connectivity index (χ1n) is 6.70. The highest BCUT2D eigenvalue weighted by molar-refractivity contribution is 5.81. The molecule has 0 bridgehead atoms. The number of rotatable bonds is 3. The van der Waals surface area contributed by atoms with E-state index in [2.05, 4.69) is 0 Å². The summed E-state index contributed by atoms with van der Waals surface area (Å²) in [5.74, 6) is -0.161. The molecule has 0 aromatic heterocycles. The molecule has 17 heavy (non-hydrogen) atoms. The van der Waals surface area contributed by atoms with E-state index in [0.717, 1.165) is 19.4 Å². The van der Waals surface area contributed by atoms with Gasteiger partial charge in [0.2, 0.25) is 5.91 Å². The number of aliphatic carboxylic acids is 1. The SMILES string of the molecule is O=C(O)CCC(=O)N1CCC[C@H]2CCCC[C@H]21. The first kappa shape index (κ1) is 12.4. The van der Waals surface area contributed by atoms with Crippen LogP contribution in [0.15, 0.2) is 0 Å². The number of hydrogen-bond donors (Lipinski definition) is 1. The average molecular weight is 239 g/mol. The maximum Gasteiger partial charge on any atom is 0.303 e. The molecule has 1 saturated heterocycles. The van der Waals surface area contributed by atoms with Gasteiger partial charge in [0.15, 0.2) is 0 Å². The minimum Gasteiger partial charge on any atom is -0.481 e. The third-order valence-corrected chi connectivity index (χ3v) is 4.12. The molecule has 1 amide bonds. The van der Waals surface area contributed by atoms with E-state index >= 15 is 0 Å². The van der Waals surface area contributed by atoms with Crippen molar-refractivity contribution in [1.82, 2.24) is 4.90 Å². The van der Waals surface area contributed by atoms with E-state index in [4.69, 9.17) is 5.11 Å². The Balaban J connectivity index is 1.93. The molecule has 4 nitrogen and oxygen atoms in total. The molecule has 1 heterocycles. The maximum atomic E-state index is 12.0. The molecule has 1 aliphatic heterocycles. The number of hydrogen-bond acceptors (Lipinski definition) is 2. The van der Waals surface area contributed by atoms with E-state index < -0.39 is 5.97 Å². The van der Waals surface area contributed by atoms with Crippen LogP contribution in [0, 0.1) is 5.92 Å². The molecule has 4 heteroatoms. The molecule has 0 aromatic rings. The molecule has 0 aromatic carbocycles. The van der Waals surface area contributed by atoms with Crippen molar-refractivity contribution >= 4 is 11.9 Å². The standard InChI is InChI=1S/C13H21NO3/c15-12(7-8-13(16)17)14-9-3-5-10-4-1-2-6-11(10)14/h10-11H,1-9H2,(H,16,17)/t10-,11-/m1/s1. The van der Waals surface area contributed by atoms with Gasteiger partial charge in [0.25, 0.3) is 0 Å². The fraction of sp³-hybridized carbons (Fsp3) is 0.846. The van der Waals surface area contributed by atoms with E-state index in [1.165, 1.54) is 25.7 Å². The molecule has 2 fully saturated rings. The average Bonchev–Trinajstić information content (AvgIpc) is 2.35. The predicted octanol–water partition coefficient (Wildman–Crippen LogP) is 2.03. The Labute approximate surface area is 102 Å². The number of carboxylic acid groups (broad SMARTS) is 1. The summed E-state index contributed by atoms with van der Waals surface area (Å²) in [5.41, 5.74) is 0. The largest absolute Gasteiger partial charge is 0.481 e. The summed E-state index contributed by atoms with van der Waals surface area (Å²) in [6.45, 7) is 0.833. The third-order valence-electron chi connectivity index (χ3n) is 4.12. The van der Waals surface area contributed by atoms with Crippen molar-refractivity contribution in [1.29, 1.82) is 0 Å². The van der Waals surface area contributed by atoms with Crippen molar-refractivity contribution < 1.29 is 14.7 Å². The first-order chi connectivity index (χ1) is 8.18. The smallest absolute Gasteiger partial charge is 0.303 e. The first-order valence-corrected chi connectivity index (χ1v) is 6.70. The lowest BCUT2D eigenvalue weighted by molar-refractivity contribution is -0.143. The fourth-order valence-electron chi connectivity index (χ4n) is 3.29. The number of nitrogens with zero attached hydrogens (tertiary/aromatic N) is 1. The quantitative estimate of drug-likeness (QED) is 0.819. The van der Waals surface area contributed by atoms with Crippen molar-refractivity contribution in [3.05, 3.63) is 0 Å². The van der Waals surface area contributed by atoms with Crippen molar-refractivity contribution in [3.63, 3.8) is 0 Å². The fourth-order valence-corrected chi connectivity index (χ4v) is 3.29. The van der Waals surface area contributed by atoms with E-state index in [9.17, 15) is 9.59 Å². The van der Waals surface area contributed by atoms with Crippen LogP contribution < -0.4 is 0 Å². The van der Waals surface area contributed by atoms with Gasteiger partial charge in [0, 0.05) is 19.0 Å². The summed E-state index contributed by atoms with van der Waals surface area (Å²) in [6, 6.07) is 0.402. The molecule has 1 saturated carbocycles. The van der Waals surface area contributed by atoms with Gasteiger partial charge >= 0.3 is 5.97 Å². The number of carboxylic acids is 1. The normalized spacial score (nSPS) is 28.6. The molecular weight excluding hydrogens is 218 g/mol. The summed E-state index contributed by atoms with van der Waals surface area (Å²) in [5, 5.41) is 8.62. The number of likely N-dealkylation sites (tertiary alicyclic amines) is 1. The number of fused-ring (bicyclic) bond motifs is 1. The van der Waals surface area contributed by atoms with Gasteiger partial charge in [-0.3, -0.25) is 9.59 Å². The van der Waals surface area contributed by atoms with Gasteiger partial charge in [-0.1, -0.05) is 12.8 Å². The molecule has 96 valence electrons. The van der Waals surface area contributed by atoms with Gasteiger partial charge in [0.1, 0.15) is 0 Å². The molecule has 2 rings (SSSR count). The molecule has 0 radical (unpaired) electrons. The minimum absolute atomic E-state index is 0.0350. The lowest BCUT2D eigenvalue weighted by atomic mass is 9.78. The Morgan fingerprint density at radius 3 is 2.53 bits per heavy atom. The number of carbonyl (C=O) groups is 2. The number of piperidine rings is 1. The van der Waals surface area contributed by atoms with Gasteiger partial charge in [-0.05, 0) is 31.6 Å². The molecule has 1 aliphatic carbocycles. The molecule has 2 aliphatic rings. The molecule has 0 spiro atoms. The monoisotopic (exact) mass is 239 g/mol. The van der Waals surface area contributed by atoms with Crippen molar-refractivity contribution in [2.24, 2.45) is 5.92 Å². The van der Waals surface area contributed by atoms with Crippen LogP contribution in [0.1, 0.15) is 51.4 Å². The van der Waals surface area contributed by atoms with E-state index in [1.807, 2.05) is 4.90 Å². The minimum atomic E-state index is -0.879. The zero-order chi connectivity index (χ0) is 12.3. The zero-order valence-electron chi connectivity index (χ0n) is 10.2. The molecular formula is C13H21NO3. The molecule has 2 atom stereocenters. The summed E-state index contributed by atoms with van der Waals surface area (Å²) in [6.07, 6.45) is 7.32. The van der Waals surface area contributed by atoms with Crippen LogP contribution >= 0.6 is 0 Å². The van der Waals surface area contributed by atoms with E-state index in [0.29, 0.717) is 12.0 Å². The van der Waals surface area contributed by atoms with Crippen LogP contribution in [0.2, 0.25) is 0 Å². The van der Waals surface area contributed by atoms with Crippen LogP contribution in [0.5, 0.6) is 0 Å². The molecule has 1 N–H and O–H groups in total. The lowest BCUT2D eigenvalue weighted by Crippen LogP contribution is -2.49. The van der Waals surface area contributed by atoms with Crippen molar-refractivity contribution in [3.8, 4) is 0 Å². The Kier molecular flexibility index (Phi) is 4.02. The summed E-state index contributed by atoms with van der Waals surface area (Å²) in [7, 11) is 0. The van der Waals surface area contributed by atoms with E-state index in [-0.39, 0.29) is 18.7 Å². The van der Waals surface area contributed by atoms with Crippen LogP contribution in [-0.4, -0.2) is 34.5 Å². The van der Waals surface area contributed by atoms with Crippen LogP contribution in [0.3, 0.4) is 0 Å². The Bertz CT molecular complexity index is 301. The third kappa shape index (κ3) is 2.99. The van der Waals surface area contributed by atoms with Gasteiger partial charge < -0.3 is 10.0 Å². The van der Waals surface area contributed by atoms with Crippen LogP contribution in [0.25, 0.3) is 0 Å². The summed E-state index contributed by atoms with van der Waals surface area (Å²) in [4.78, 5) is 24.5. The van der Waals surface area contributed by atoms with Gasteiger partial charge in [-0.25, -0.2) is 0 Å². The number of amides is 1. The van der Waals surface area contributed by atoms with Crippen LogP contribution in [-0.2, 0) is 9.59 Å². The highest BCUT2D eigenvalue weighted by Gasteiger charge is 2.35. The predicted molar refractivity (Wildman–Crippen MR) is 63.6 cm³/mol. The second-order valence-electron chi connectivity index (χ2n) is 5.23. The van der Waals surface area contributed by atoms with E-state index in [1.54, 1.807) is 0 Å². The highest BCUT2D eigenvalue weighted by Crippen LogP contribution is 2.35. The van der Waals surface area contributed by atoms with Crippen LogP contribution in [0.4, 0.5) is 0 Å². The second kappa shape index (κ2) is 5.52. The Hall–Kier alpha value is -1.06. The van der Waals surface area contributed by atoms with Crippen molar-refractivity contribution in [2.45, 2.75) is 57.4 Å².